The summed E-state index contributed by atoms with van der Waals surface area (Å²) in [7, 11) is -1.81. The highest BCUT2D eigenvalue weighted by Gasteiger charge is 2.18. The van der Waals surface area contributed by atoms with Crippen molar-refractivity contribution in [3.8, 4) is 0 Å². The summed E-state index contributed by atoms with van der Waals surface area (Å²) in [6.07, 6.45) is 0.0901. The molecule has 0 saturated heterocycles. The summed E-state index contributed by atoms with van der Waals surface area (Å²) >= 11 is 0. The maximum atomic E-state index is 12.2. The predicted octanol–water partition coefficient (Wildman–Crippen LogP) is 1.37. The Morgan fingerprint density at radius 3 is 2.55 bits per heavy atom. The van der Waals surface area contributed by atoms with Gasteiger partial charge in [0, 0.05) is 13.6 Å². The van der Waals surface area contributed by atoms with Gasteiger partial charge >= 0.3 is 0 Å². The predicted molar refractivity (Wildman–Crippen MR) is 78.7 cm³/mol. The Kier molecular flexibility index (Phi) is 6.61. The molecule has 6 heteroatoms. The van der Waals surface area contributed by atoms with E-state index in [9.17, 15) is 8.42 Å². The molecular weight excluding hydrogens is 278 g/mol. The molecule has 1 aromatic carbocycles. The van der Waals surface area contributed by atoms with Crippen LogP contribution in [0.25, 0.3) is 0 Å². The van der Waals surface area contributed by atoms with Gasteiger partial charge in [0.15, 0.2) is 0 Å². The molecule has 0 saturated carbocycles. The quantitative estimate of drug-likeness (QED) is 0.787. The van der Waals surface area contributed by atoms with Crippen LogP contribution in [-0.2, 0) is 27.1 Å². The molecule has 5 nitrogen and oxygen atoms in total. The molecule has 0 aliphatic rings. The Bertz CT molecular complexity index is 514. The third-order valence-corrected chi connectivity index (χ3v) is 4.69. The average molecular weight is 301 g/mol. The number of benzene rings is 1. The lowest BCUT2D eigenvalue weighted by Gasteiger charge is -2.18. The van der Waals surface area contributed by atoms with E-state index in [1.165, 1.54) is 4.31 Å². The van der Waals surface area contributed by atoms with Crippen LogP contribution in [0.2, 0.25) is 0 Å². The zero-order valence-corrected chi connectivity index (χ0v) is 13.1. The van der Waals surface area contributed by atoms with E-state index >= 15 is 0 Å². The van der Waals surface area contributed by atoms with Crippen LogP contribution >= 0.6 is 0 Å². The first-order valence-electron chi connectivity index (χ1n) is 6.59. The van der Waals surface area contributed by atoms with Crippen molar-refractivity contribution in [3.63, 3.8) is 0 Å². The van der Waals surface area contributed by atoms with E-state index in [0.717, 1.165) is 0 Å². The Hall–Kier alpha value is -0.950. The molecule has 0 aliphatic heterocycles. The van der Waals surface area contributed by atoms with Crippen LogP contribution in [0.3, 0.4) is 0 Å². The van der Waals surface area contributed by atoms with Crippen molar-refractivity contribution < 1.29 is 18.3 Å². The zero-order chi connectivity index (χ0) is 15.2. The van der Waals surface area contributed by atoms with Gasteiger partial charge in [-0.25, -0.2) is 12.7 Å². The molecule has 0 bridgehead atoms. The second kappa shape index (κ2) is 7.73. The lowest BCUT2D eigenvalue weighted by Crippen LogP contribution is -2.31. The molecule has 0 spiro atoms. The minimum absolute atomic E-state index is 0.0704. The lowest BCUT2D eigenvalue weighted by molar-refractivity contribution is 0.0737. The Morgan fingerprint density at radius 1 is 1.30 bits per heavy atom. The van der Waals surface area contributed by atoms with Gasteiger partial charge in [0.1, 0.15) is 0 Å². The number of hydrogen-bond acceptors (Lipinski definition) is 4. The fraction of sp³-hybridized carbons (Fsp3) is 0.571. The van der Waals surface area contributed by atoms with E-state index in [1.54, 1.807) is 31.3 Å². The van der Waals surface area contributed by atoms with Crippen molar-refractivity contribution in [2.24, 2.45) is 0 Å². The normalized spacial score (nSPS) is 12.3. The molecular formula is C14H23NO4S. The lowest BCUT2D eigenvalue weighted by atomic mass is 10.1. The van der Waals surface area contributed by atoms with Crippen molar-refractivity contribution in [1.82, 2.24) is 4.31 Å². The van der Waals surface area contributed by atoms with Crippen LogP contribution in [0.15, 0.2) is 24.3 Å². The standard InChI is InChI=1S/C14H23NO4S/c1-12(2)19-8-7-15(3)20(17,18)11-14-6-4-5-13(9-14)10-16/h4-6,9,12,16H,7-8,10-11H2,1-3H3. The zero-order valence-electron chi connectivity index (χ0n) is 12.2. The summed E-state index contributed by atoms with van der Waals surface area (Å²) in [5, 5.41) is 9.06. The molecule has 20 heavy (non-hydrogen) atoms. The molecule has 1 aromatic rings. The summed E-state index contributed by atoms with van der Waals surface area (Å²) in [4.78, 5) is 0. The third kappa shape index (κ3) is 5.58. The Morgan fingerprint density at radius 2 is 1.95 bits per heavy atom. The molecule has 0 aromatic heterocycles. The van der Waals surface area contributed by atoms with Gasteiger partial charge < -0.3 is 9.84 Å². The molecule has 0 heterocycles. The van der Waals surface area contributed by atoms with Gasteiger partial charge in [0.05, 0.1) is 25.1 Å². The average Bonchev–Trinajstić information content (AvgIpc) is 2.37. The van der Waals surface area contributed by atoms with E-state index in [4.69, 9.17) is 9.84 Å². The first kappa shape index (κ1) is 17.1. The van der Waals surface area contributed by atoms with Crippen molar-refractivity contribution in [2.45, 2.75) is 32.3 Å². The second-order valence-electron chi connectivity index (χ2n) is 4.98. The minimum atomic E-state index is -3.36. The highest BCUT2D eigenvalue weighted by Crippen LogP contribution is 2.12. The van der Waals surface area contributed by atoms with Crippen LogP contribution in [0.4, 0.5) is 0 Å². The maximum Gasteiger partial charge on any atom is 0.218 e. The highest BCUT2D eigenvalue weighted by molar-refractivity contribution is 7.88. The molecule has 0 amide bonds. The number of hydrogen-bond donors (Lipinski definition) is 1. The molecule has 114 valence electrons. The first-order valence-corrected chi connectivity index (χ1v) is 8.20. The van der Waals surface area contributed by atoms with Crippen molar-refractivity contribution in [3.05, 3.63) is 35.4 Å². The fourth-order valence-corrected chi connectivity index (χ4v) is 2.87. The van der Waals surface area contributed by atoms with Crippen LogP contribution in [-0.4, -0.2) is 44.1 Å². The summed E-state index contributed by atoms with van der Waals surface area (Å²) in [6, 6.07) is 6.96. The number of ether oxygens (including phenoxy) is 1. The van der Waals surface area contributed by atoms with Gasteiger partial charge in [0.25, 0.3) is 0 Å². The molecule has 1 N–H and O–H groups in total. The molecule has 0 radical (unpaired) electrons. The molecule has 0 unspecified atom stereocenters. The Balaban J connectivity index is 2.63. The highest BCUT2D eigenvalue weighted by atomic mass is 32.2. The number of aliphatic hydroxyl groups is 1. The van der Waals surface area contributed by atoms with Crippen molar-refractivity contribution >= 4 is 10.0 Å². The van der Waals surface area contributed by atoms with E-state index in [0.29, 0.717) is 24.3 Å². The Labute approximate surface area is 121 Å². The SMILES string of the molecule is CC(C)OCCN(C)S(=O)(=O)Cc1cccc(CO)c1. The van der Waals surface area contributed by atoms with E-state index < -0.39 is 10.0 Å². The van der Waals surface area contributed by atoms with Gasteiger partial charge in [-0.3, -0.25) is 0 Å². The number of rotatable bonds is 8. The van der Waals surface area contributed by atoms with E-state index in [-0.39, 0.29) is 18.5 Å². The largest absolute Gasteiger partial charge is 0.392 e. The van der Waals surface area contributed by atoms with Gasteiger partial charge in [-0.1, -0.05) is 24.3 Å². The van der Waals surface area contributed by atoms with Crippen LogP contribution < -0.4 is 0 Å². The fourth-order valence-electron chi connectivity index (χ4n) is 1.69. The third-order valence-electron chi connectivity index (χ3n) is 2.86. The molecule has 0 fully saturated rings. The van der Waals surface area contributed by atoms with Crippen molar-refractivity contribution in [2.75, 3.05) is 20.2 Å². The topological polar surface area (TPSA) is 66.8 Å². The number of aliphatic hydroxyl groups excluding tert-OH is 1. The summed E-state index contributed by atoms with van der Waals surface area (Å²) in [6.45, 7) is 4.44. The minimum Gasteiger partial charge on any atom is -0.392 e. The number of sulfonamides is 1. The summed E-state index contributed by atoms with van der Waals surface area (Å²) in [5.41, 5.74) is 1.39. The van der Waals surface area contributed by atoms with Gasteiger partial charge in [-0.2, -0.15) is 0 Å². The van der Waals surface area contributed by atoms with Gasteiger partial charge in [-0.05, 0) is 25.0 Å². The van der Waals surface area contributed by atoms with E-state index in [1.807, 2.05) is 13.8 Å². The van der Waals surface area contributed by atoms with Crippen LogP contribution in [0.5, 0.6) is 0 Å². The smallest absolute Gasteiger partial charge is 0.218 e. The van der Waals surface area contributed by atoms with Gasteiger partial charge in [0.2, 0.25) is 10.0 Å². The maximum absolute atomic E-state index is 12.2. The summed E-state index contributed by atoms with van der Waals surface area (Å²) < 4.78 is 31.0. The molecule has 1 rings (SSSR count). The van der Waals surface area contributed by atoms with Crippen LogP contribution in [0.1, 0.15) is 25.0 Å². The van der Waals surface area contributed by atoms with E-state index in [2.05, 4.69) is 0 Å². The second-order valence-corrected chi connectivity index (χ2v) is 7.05. The van der Waals surface area contributed by atoms with Crippen LogP contribution in [0, 0.1) is 0 Å². The monoisotopic (exact) mass is 301 g/mol. The van der Waals surface area contributed by atoms with Crippen molar-refractivity contribution in [1.29, 1.82) is 0 Å². The number of nitrogens with zero attached hydrogens (tertiary/aromatic N) is 1. The summed E-state index contributed by atoms with van der Waals surface area (Å²) in [5.74, 6) is -0.0704. The first-order chi connectivity index (χ1) is 9.35. The van der Waals surface area contributed by atoms with Gasteiger partial charge in [-0.15, -0.1) is 0 Å². The molecule has 0 atom stereocenters. The number of likely N-dealkylation sites (N-methyl/N-ethyl adjacent to an activating group) is 1. The molecule has 0 aliphatic carbocycles.